The Morgan fingerprint density at radius 3 is 1.01 bits per heavy atom. The summed E-state index contributed by atoms with van der Waals surface area (Å²) in [5, 5.41) is 36.1. The summed E-state index contributed by atoms with van der Waals surface area (Å²) in [7, 11) is 3.18. The van der Waals surface area contributed by atoms with Crippen LogP contribution in [0.3, 0.4) is 0 Å². The number of amides is 8. The van der Waals surface area contributed by atoms with Gasteiger partial charge >= 0.3 is 0 Å². The summed E-state index contributed by atoms with van der Waals surface area (Å²) in [4.78, 5) is 165. The van der Waals surface area contributed by atoms with Gasteiger partial charge in [0.2, 0.25) is 0 Å². The highest BCUT2D eigenvalue weighted by atomic mass is 32.1. The molecule has 38 nitrogen and oxygen atoms in total. The molecule has 724 valence electrons. The van der Waals surface area contributed by atoms with Crippen LogP contribution in [-0.4, -0.2) is 195 Å². The number of aromatic nitrogens is 10. The molecule has 2 aliphatic heterocycles. The Bertz CT molecular complexity index is 7010. The van der Waals surface area contributed by atoms with E-state index < -0.39 is 23.6 Å². The third-order valence-electron chi connectivity index (χ3n) is 22.1. The molecule has 2 fully saturated rings. The van der Waals surface area contributed by atoms with Crippen molar-refractivity contribution in [2.75, 3.05) is 53.6 Å². The normalized spacial score (nSPS) is 13.9. The van der Waals surface area contributed by atoms with Crippen LogP contribution >= 0.6 is 45.3 Å². The summed E-state index contributed by atoms with van der Waals surface area (Å²) in [6.07, 6.45) is 4.62. The lowest BCUT2D eigenvalue weighted by atomic mass is 10.2. The number of nitrogens with zero attached hydrogens (tertiary/aromatic N) is 12. The van der Waals surface area contributed by atoms with Crippen LogP contribution in [0.15, 0.2) is 234 Å². The van der Waals surface area contributed by atoms with Crippen molar-refractivity contribution >= 4 is 115 Å². The van der Waals surface area contributed by atoms with Gasteiger partial charge in [0.1, 0.15) is 12.2 Å². The number of aromatic amines is 4. The number of hydrazine groups is 1. The number of hydrazone groups is 4. The number of hydrogen-bond acceptors (Lipinski definition) is 26. The second-order valence-corrected chi connectivity index (χ2v) is 36.7. The van der Waals surface area contributed by atoms with E-state index in [1.807, 2.05) is 143 Å². The summed E-state index contributed by atoms with van der Waals surface area (Å²) >= 11 is 4.27. The molecule has 140 heavy (non-hydrogen) atoms. The average molecular weight is 1970 g/mol. The van der Waals surface area contributed by atoms with Gasteiger partial charge in [0, 0.05) is 88.3 Å². The quantitative estimate of drug-likeness (QED) is 0.0168. The highest BCUT2D eigenvalue weighted by Crippen LogP contribution is 2.26. The summed E-state index contributed by atoms with van der Waals surface area (Å²) in [6.45, 7) is 25.5. The van der Waals surface area contributed by atoms with Crippen molar-refractivity contribution in [3.05, 3.63) is 353 Å². The summed E-state index contributed by atoms with van der Waals surface area (Å²) in [5.74, 6) is -2.88. The third kappa shape index (κ3) is 25.4. The van der Waals surface area contributed by atoms with Gasteiger partial charge in [-0.25, -0.2) is 45.4 Å². The number of thiophene rings is 4. The molecule has 2 aliphatic rings. The molecule has 0 bridgehead atoms. The van der Waals surface area contributed by atoms with E-state index in [1.165, 1.54) is 18.7 Å². The first-order chi connectivity index (χ1) is 67.2. The molecule has 10 aromatic heterocycles. The van der Waals surface area contributed by atoms with Crippen molar-refractivity contribution in [2.45, 2.75) is 108 Å². The maximum atomic E-state index is 13.0. The van der Waals surface area contributed by atoms with Crippen molar-refractivity contribution in [3.63, 3.8) is 0 Å². The molecule has 0 radical (unpaired) electrons. The monoisotopic (exact) mass is 1970 g/mol. The van der Waals surface area contributed by atoms with Crippen LogP contribution in [0, 0.1) is 55.4 Å². The lowest BCUT2D eigenvalue weighted by Gasteiger charge is -2.26. The van der Waals surface area contributed by atoms with Crippen molar-refractivity contribution in [1.29, 1.82) is 0 Å². The Hall–Kier alpha value is -15.7. The number of benzene rings is 4. The molecule has 16 rings (SSSR count). The average Bonchev–Trinajstić information content (AvgIpc) is 1.63. The number of carbonyl (C=O) groups is 8. The zero-order valence-corrected chi connectivity index (χ0v) is 82.2. The molecule has 8 amide bonds. The van der Waals surface area contributed by atoms with Crippen LogP contribution in [0.1, 0.15) is 184 Å². The maximum Gasteiger partial charge on any atom is 0.281 e. The number of aryl methyl sites for hydroxylation is 8. The molecule has 14 aromatic rings. The van der Waals surface area contributed by atoms with Gasteiger partial charge in [0.15, 0.2) is 0 Å². The van der Waals surface area contributed by atoms with Gasteiger partial charge in [-0.3, -0.25) is 93.3 Å². The number of morpholine rings is 1. The molecule has 4 aromatic carbocycles. The molecule has 11 N–H and O–H groups in total. The van der Waals surface area contributed by atoms with Gasteiger partial charge in [0.05, 0.1) is 132 Å². The molecule has 2 atom stereocenters. The van der Waals surface area contributed by atoms with Crippen molar-refractivity contribution in [2.24, 2.45) is 20.4 Å². The molecule has 0 aliphatic carbocycles. The number of methoxy groups -OCH3 is 2. The molecule has 12 heterocycles. The molecule has 2 unspecified atom stereocenters. The van der Waals surface area contributed by atoms with Crippen LogP contribution in [-0.2, 0) is 27.3 Å². The zero-order chi connectivity index (χ0) is 100. The van der Waals surface area contributed by atoms with Crippen LogP contribution in [0.4, 0.5) is 0 Å². The highest BCUT2D eigenvalue weighted by molar-refractivity contribution is 7.17. The SMILES string of the molecule is CC(=NNC(=O)c1ccc(C(=O)NCc2ccccn2)s1)c1c(C)[nH]n(-c2ccc(C)cc2)c1=O.CC(=NNC(=O)c1ccc(C(=O)NCc2cccnc2)s1)c1c(C)[nH]n(-c2ccc(C)cc2)c1=O.CC(=NNC(=O)c1ccc(C(=O)NN2CCOCC2)s1)c1c(C)[nH]n(-c2ccc(C)cc2)c1=O.COC1CN(C(=O)c2ccc(C(=O)NN=C(C)c3c(C)[nH]n(-c4ccc(C)cc4)c3=O)s2)CC1OC. The van der Waals surface area contributed by atoms with Gasteiger partial charge in [0.25, 0.3) is 69.5 Å². The Morgan fingerprint density at radius 1 is 0.386 bits per heavy atom. The summed E-state index contributed by atoms with van der Waals surface area (Å²) in [5.41, 5.74) is 26.1. The lowest BCUT2D eigenvalue weighted by Crippen LogP contribution is -2.48. The Balaban J connectivity index is 0.000000157. The standard InChI is InChI=1S/2C25H24N6O3S.C25H29N5O5S.C23H26N6O4S/c1-15-6-8-19(9-7-15)31-25(34)22(17(3)30-31)16(2)28-29-24(33)21-11-10-20(35-21)23(32)27-14-18-5-4-12-26-13-18;1-15-7-9-19(10-8-15)31-25(34)22(17(3)30-31)16(2)28-29-24(33)21-12-11-20(35-21)23(32)27-14-18-6-4-5-13-26-18;1-14-6-8-17(9-7-14)30-25(33)22(16(3)28-30)15(2)26-27-23(31)20-10-11-21(36-20)24(32)29-12-18(34-4)19(13-29)35-5;1-14-4-6-17(7-5-14)29-23(32)20(16(3)26-29)15(2)24-25-21(30)18-8-9-19(34-18)22(31)27-28-10-12-33-13-11-28/h2*4-13,30H,14H2,1-3H3,(H,27,32)(H,29,33);6-11,18-19,28H,12-13H2,1-5H3,(H,27,31);4-9,26H,10-13H2,1-3H3,(H,25,30)(H,27,31). The van der Waals surface area contributed by atoms with Gasteiger partial charge in [-0.05, 0) is 204 Å². The third-order valence-corrected chi connectivity index (χ3v) is 26.4. The van der Waals surface area contributed by atoms with E-state index in [9.17, 15) is 57.5 Å². The van der Waals surface area contributed by atoms with E-state index in [0.717, 1.165) is 78.9 Å². The van der Waals surface area contributed by atoms with E-state index in [-0.39, 0.29) is 58.1 Å². The Morgan fingerprint density at radius 2 is 0.700 bits per heavy atom. The second-order valence-electron chi connectivity index (χ2n) is 32.4. The van der Waals surface area contributed by atoms with E-state index >= 15 is 0 Å². The fourth-order valence-electron chi connectivity index (χ4n) is 14.6. The zero-order valence-electron chi connectivity index (χ0n) is 78.9. The topological polar surface area (TPSA) is 481 Å². The number of rotatable bonds is 27. The largest absolute Gasteiger partial charge is 0.379 e. The molecule has 0 spiro atoms. The predicted molar refractivity (Wildman–Crippen MR) is 538 cm³/mol. The number of hydrogen-bond donors (Lipinski definition) is 11. The van der Waals surface area contributed by atoms with Crippen LogP contribution in [0.2, 0.25) is 0 Å². The summed E-state index contributed by atoms with van der Waals surface area (Å²) in [6, 6.07) is 52.0. The minimum atomic E-state index is -0.467. The number of ether oxygens (including phenoxy) is 3. The van der Waals surface area contributed by atoms with Crippen LogP contribution in [0.5, 0.6) is 0 Å². The van der Waals surface area contributed by atoms with Crippen LogP contribution < -0.4 is 60.0 Å². The minimum Gasteiger partial charge on any atom is -0.379 e. The lowest BCUT2D eigenvalue weighted by molar-refractivity contribution is -0.00461. The Labute approximate surface area is 818 Å². The molecule has 42 heteroatoms. The van der Waals surface area contributed by atoms with Gasteiger partial charge in [-0.15, -0.1) is 45.3 Å². The van der Waals surface area contributed by atoms with Crippen molar-refractivity contribution in [1.82, 2.24) is 96.8 Å². The smallest absolute Gasteiger partial charge is 0.281 e. The number of nitrogens with one attached hydrogen (secondary N) is 11. The van der Waals surface area contributed by atoms with Crippen LogP contribution in [0.25, 0.3) is 22.7 Å². The highest BCUT2D eigenvalue weighted by Gasteiger charge is 2.37. The minimum absolute atomic E-state index is 0.181. The molecule has 2 saturated heterocycles. The number of likely N-dealkylation sites (tertiary alicyclic amines) is 1. The van der Waals surface area contributed by atoms with E-state index in [1.54, 1.807) is 159 Å². The second kappa shape index (κ2) is 46.9. The Kier molecular flexibility index (Phi) is 34.1. The van der Waals surface area contributed by atoms with Gasteiger partial charge < -0.3 is 29.7 Å². The van der Waals surface area contributed by atoms with E-state index in [0.29, 0.717) is 182 Å². The molecule has 0 saturated carbocycles. The first-order valence-corrected chi connectivity index (χ1v) is 47.2. The van der Waals surface area contributed by atoms with Gasteiger partial charge in [-0.2, -0.15) is 20.4 Å². The van der Waals surface area contributed by atoms with Gasteiger partial charge in [-0.1, -0.05) is 82.9 Å². The fraction of sp³-hybridized carbons (Fsp3) is 0.245. The maximum absolute atomic E-state index is 13.0. The molecular weight excluding hydrogens is 1870 g/mol. The van der Waals surface area contributed by atoms with Crippen molar-refractivity contribution < 1.29 is 52.6 Å². The predicted octanol–water partition coefficient (Wildman–Crippen LogP) is 11.1. The first-order valence-electron chi connectivity index (χ1n) is 43.9. The summed E-state index contributed by atoms with van der Waals surface area (Å²) < 4.78 is 21.8. The van der Waals surface area contributed by atoms with E-state index in [2.05, 4.69) is 88.5 Å². The van der Waals surface area contributed by atoms with E-state index in [4.69, 9.17) is 14.2 Å². The number of H-pyrrole nitrogens is 4. The molecular formula is C98H103N23O15S4. The first kappa shape index (κ1) is 102. The van der Waals surface area contributed by atoms with Crippen molar-refractivity contribution in [3.8, 4) is 22.7 Å². The fourth-order valence-corrected chi connectivity index (χ4v) is 17.9. The number of carbonyl (C=O) groups excluding carboxylic acids is 8. The number of pyridine rings is 2.